The van der Waals surface area contributed by atoms with Crippen LogP contribution in [0.1, 0.15) is 12.0 Å². The largest absolute Gasteiger partial charge is 0.490 e. The van der Waals surface area contributed by atoms with E-state index in [2.05, 4.69) is 24.3 Å². The minimum atomic E-state index is 0.729. The topological polar surface area (TPSA) is 44.5 Å². The molecule has 1 aliphatic rings. The lowest BCUT2D eigenvalue weighted by Gasteiger charge is -2.09. The van der Waals surface area contributed by atoms with Crippen molar-refractivity contribution < 1.29 is 9.47 Å². The molecule has 0 aliphatic carbocycles. The molecule has 3 rings (SSSR count). The number of thioether (sulfide) groups is 1. The van der Waals surface area contributed by atoms with E-state index in [1.165, 1.54) is 10.5 Å². The molecule has 0 fully saturated rings. The Morgan fingerprint density at radius 1 is 0.952 bits per heavy atom. The highest BCUT2D eigenvalue weighted by atomic mass is 32.2. The van der Waals surface area contributed by atoms with E-state index in [4.69, 9.17) is 15.2 Å². The maximum Gasteiger partial charge on any atom is 0.162 e. The van der Waals surface area contributed by atoms with Crippen LogP contribution in [0.15, 0.2) is 47.4 Å². The van der Waals surface area contributed by atoms with Gasteiger partial charge in [0.1, 0.15) is 0 Å². The molecule has 2 N–H and O–H groups in total. The maximum atomic E-state index is 5.71. The summed E-state index contributed by atoms with van der Waals surface area (Å²) in [5, 5.41) is 0. The van der Waals surface area contributed by atoms with E-state index >= 15 is 0 Å². The molecule has 3 nitrogen and oxygen atoms in total. The van der Waals surface area contributed by atoms with Crippen LogP contribution in [0.2, 0.25) is 0 Å². The van der Waals surface area contributed by atoms with Crippen molar-refractivity contribution in [2.45, 2.75) is 17.7 Å². The second-order valence-electron chi connectivity index (χ2n) is 5.00. The van der Waals surface area contributed by atoms with Gasteiger partial charge in [-0.25, -0.2) is 0 Å². The molecule has 0 amide bonds. The number of fused-ring (bicyclic) bond motifs is 1. The van der Waals surface area contributed by atoms with Gasteiger partial charge in [-0.05, 0) is 42.3 Å². The van der Waals surface area contributed by atoms with Gasteiger partial charge in [0.2, 0.25) is 0 Å². The molecule has 0 aromatic heterocycles. The zero-order valence-corrected chi connectivity index (χ0v) is 12.7. The predicted molar refractivity (Wildman–Crippen MR) is 87.3 cm³/mol. The monoisotopic (exact) mass is 301 g/mol. The summed E-state index contributed by atoms with van der Waals surface area (Å²) in [7, 11) is 0. The van der Waals surface area contributed by atoms with Gasteiger partial charge in [0.15, 0.2) is 11.5 Å². The summed E-state index contributed by atoms with van der Waals surface area (Å²) in [4.78, 5) is 1.22. The third kappa shape index (κ3) is 3.85. The van der Waals surface area contributed by atoms with Crippen molar-refractivity contribution in [3.63, 3.8) is 0 Å². The van der Waals surface area contributed by atoms with Crippen LogP contribution in [0.5, 0.6) is 11.5 Å². The van der Waals surface area contributed by atoms with Gasteiger partial charge >= 0.3 is 0 Å². The van der Waals surface area contributed by atoms with E-state index in [0.29, 0.717) is 0 Å². The Hall–Kier alpha value is -1.81. The number of anilines is 1. The Labute approximate surface area is 129 Å². The summed E-state index contributed by atoms with van der Waals surface area (Å²) in [5.41, 5.74) is 7.82. The second kappa shape index (κ2) is 6.76. The summed E-state index contributed by atoms with van der Waals surface area (Å²) < 4.78 is 11.4. The fourth-order valence-electron chi connectivity index (χ4n) is 2.20. The molecule has 0 spiro atoms. The Morgan fingerprint density at radius 3 is 2.52 bits per heavy atom. The number of hydrogen-bond donors (Lipinski definition) is 1. The standard InChI is InChI=1S/C17H19NO2S/c18-14-4-2-13(3-5-14)8-11-21-15-6-7-16-17(12-15)20-10-1-9-19-16/h2-7,12H,1,8-11,18H2. The Morgan fingerprint density at radius 2 is 1.71 bits per heavy atom. The average Bonchev–Trinajstić information content (AvgIpc) is 2.74. The maximum absolute atomic E-state index is 5.71. The van der Waals surface area contributed by atoms with E-state index in [1.807, 2.05) is 30.0 Å². The lowest BCUT2D eigenvalue weighted by atomic mass is 10.2. The van der Waals surface area contributed by atoms with E-state index in [1.54, 1.807) is 0 Å². The van der Waals surface area contributed by atoms with E-state index < -0.39 is 0 Å². The highest BCUT2D eigenvalue weighted by molar-refractivity contribution is 7.99. The first-order valence-electron chi connectivity index (χ1n) is 7.18. The van der Waals surface area contributed by atoms with Gasteiger partial charge < -0.3 is 15.2 Å². The average molecular weight is 301 g/mol. The highest BCUT2D eigenvalue weighted by Crippen LogP contribution is 2.34. The van der Waals surface area contributed by atoms with Crippen LogP contribution in [-0.4, -0.2) is 19.0 Å². The Bertz CT molecular complexity index is 598. The minimum Gasteiger partial charge on any atom is -0.490 e. The lowest BCUT2D eigenvalue weighted by molar-refractivity contribution is 0.297. The van der Waals surface area contributed by atoms with Crippen LogP contribution in [0.25, 0.3) is 0 Å². The fourth-order valence-corrected chi connectivity index (χ4v) is 3.13. The predicted octanol–water partition coefficient (Wildman–Crippen LogP) is 3.76. The Kier molecular flexibility index (Phi) is 4.55. The SMILES string of the molecule is Nc1ccc(CCSc2ccc3c(c2)OCCCO3)cc1. The minimum absolute atomic E-state index is 0.729. The fraction of sp³-hybridized carbons (Fsp3) is 0.294. The zero-order chi connectivity index (χ0) is 14.5. The van der Waals surface area contributed by atoms with Gasteiger partial charge in [0, 0.05) is 22.8 Å². The van der Waals surface area contributed by atoms with Crippen LogP contribution < -0.4 is 15.2 Å². The van der Waals surface area contributed by atoms with Crippen LogP contribution >= 0.6 is 11.8 Å². The quantitative estimate of drug-likeness (QED) is 0.690. The summed E-state index contributed by atoms with van der Waals surface area (Å²) in [6.07, 6.45) is 1.97. The number of rotatable bonds is 4. The van der Waals surface area contributed by atoms with Crippen LogP contribution in [0, 0.1) is 0 Å². The van der Waals surface area contributed by atoms with Gasteiger partial charge in [-0.3, -0.25) is 0 Å². The highest BCUT2D eigenvalue weighted by Gasteiger charge is 2.10. The van der Waals surface area contributed by atoms with E-state index in [9.17, 15) is 0 Å². The van der Waals surface area contributed by atoms with Gasteiger partial charge in [-0.2, -0.15) is 0 Å². The molecule has 1 aliphatic heterocycles. The van der Waals surface area contributed by atoms with Crippen molar-refractivity contribution in [1.82, 2.24) is 0 Å². The van der Waals surface area contributed by atoms with Crippen molar-refractivity contribution >= 4 is 17.4 Å². The molecule has 0 saturated carbocycles. The first-order chi connectivity index (χ1) is 10.3. The second-order valence-corrected chi connectivity index (χ2v) is 6.17. The number of nitrogen functional groups attached to an aromatic ring is 1. The molecule has 1 heterocycles. The number of nitrogens with two attached hydrogens (primary N) is 1. The van der Waals surface area contributed by atoms with Crippen molar-refractivity contribution in [3.8, 4) is 11.5 Å². The molecular formula is C17H19NO2S. The first-order valence-corrected chi connectivity index (χ1v) is 8.17. The van der Waals surface area contributed by atoms with Gasteiger partial charge in [0.25, 0.3) is 0 Å². The third-order valence-corrected chi connectivity index (χ3v) is 4.35. The molecule has 2 aromatic carbocycles. The summed E-state index contributed by atoms with van der Waals surface area (Å²) >= 11 is 1.83. The molecule has 0 atom stereocenters. The zero-order valence-electron chi connectivity index (χ0n) is 11.9. The molecule has 2 aromatic rings. The normalized spacial score (nSPS) is 13.7. The number of hydrogen-bond acceptors (Lipinski definition) is 4. The van der Waals surface area contributed by atoms with Crippen LogP contribution in [-0.2, 0) is 6.42 Å². The smallest absolute Gasteiger partial charge is 0.162 e. The van der Waals surface area contributed by atoms with E-state index in [-0.39, 0.29) is 0 Å². The van der Waals surface area contributed by atoms with Gasteiger partial charge in [0.05, 0.1) is 13.2 Å². The summed E-state index contributed by atoms with van der Waals surface area (Å²) in [6.45, 7) is 1.46. The molecule has 0 unspecified atom stereocenters. The molecular weight excluding hydrogens is 282 g/mol. The third-order valence-electron chi connectivity index (χ3n) is 3.36. The van der Waals surface area contributed by atoms with Gasteiger partial charge in [-0.15, -0.1) is 11.8 Å². The number of aryl methyl sites for hydroxylation is 1. The Balaban J connectivity index is 1.58. The molecule has 0 radical (unpaired) electrons. The van der Waals surface area contributed by atoms with Crippen LogP contribution in [0.4, 0.5) is 5.69 Å². The van der Waals surface area contributed by atoms with Crippen molar-refractivity contribution in [1.29, 1.82) is 0 Å². The first kappa shape index (κ1) is 14.1. The lowest BCUT2D eigenvalue weighted by Crippen LogP contribution is -1.97. The summed E-state index contributed by atoms with van der Waals surface area (Å²) in [6, 6.07) is 14.3. The van der Waals surface area contributed by atoms with Crippen molar-refractivity contribution in [3.05, 3.63) is 48.0 Å². The van der Waals surface area contributed by atoms with Crippen LogP contribution in [0.3, 0.4) is 0 Å². The summed E-state index contributed by atoms with van der Waals surface area (Å²) in [5.74, 6) is 2.75. The molecule has 0 saturated heterocycles. The van der Waals surface area contributed by atoms with E-state index in [0.717, 1.165) is 49.0 Å². The number of benzene rings is 2. The number of ether oxygens (including phenoxy) is 2. The van der Waals surface area contributed by atoms with Gasteiger partial charge in [-0.1, -0.05) is 12.1 Å². The molecule has 4 heteroatoms. The van der Waals surface area contributed by atoms with Crippen molar-refractivity contribution in [2.75, 3.05) is 24.7 Å². The van der Waals surface area contributed by atoms with Crippen molar-refractivity contribution in [2.24, 2.45) is 0 Å². The molecule has 0 bridgehead atoms. The molecule has 110 valence electrons. The molecule has 21 heavy (non-hydrogen) atoms.